The molecule has 0 aliphatic rings. The van der Waals surface area contributed by atoms with Gasteiger partial charge in [0.15, 0.2) is 5.79 Å². The Bertz CT molecular complexity index is 143. The molecule has 0 aromatic rings. The van der Waals surface area contributed by atoms with Gasteiger partial charge in [-0.15, -0.1) is 0 Å². The summed E-state index contributed by atoms with van der Waals surface area (Å²) < 4.78 is 0. The molecule has 106 valence electrons. The lowest BCUT2D eigenvalue weighted by Crippen LogP contribution is -2.32. The van der Waals surface area contributed by atoms with Crippen LogP contribution in [0.2, 0.25) is 0 Å². The van der Waals surface area contributed by atoms with Gasteiger partial charge in [0.25, 0.3) is 0 Å². The van der Waals surface area contributed by atoms with Gasteiger partial charge in [0, 0.05) is 11.8 Å². The number of unbranched alkanes of at least 4 members (excludes halogenated alkanes) is 1. The molecule has 0 rings (SSSR count). The maximum atomic E-state index is 8.70. The number of hydrogen-bond donors (Lipinski definition) is 5. The summed E-state index contributed by atoms with van der Waals surface area (Å²) in [7, 11) is 0. The van der Waals surface area contributed by atoms with E-state index >= 15 is 0 Å². The zero-order valence-electron chi connectivity index (χ0n) is 11.2. The predicted octanol–water partition coefficient (Wildman–Crippen LogP) is 0.237. The van der Waals surface area contributed by atoms with Crippen molar-refractivity contribution in [3.8, 4) is 0 Å². The largest absolute Gasteiger partial charge is 0.396 e. The normalized spacial score (nSPS) is 12.0. The van der Waals surface area contributed by atoms with Crippen molar-refractivity contribution in [2.45, 2.75) is 52.2 Å². The minimum absolute atomic E-state index is 0.156. The molecule has 0 aliphatic heterocycles. The van der Waals surface area contributed by atoms with Gasteiger partial charge in [-0.3, -0.25) is 0 Å². The van der Waals surface area contributed by atoms with Crippen LogP contribution in [0.25, 0.3) is 0 Å². The summed E-state index contributed by atoms with van der Waals surface area (Å²) in [5.74, 6) is -1.45. The summed E-state index contributed by atoms with van der Waals surface area (Å²) in [5, 5.41) is 43.4. The summed E-state index contributed by atoms with van der Waals surface area (Å²) in [5.41, 5.74) is -0.667. The van der Waals surface area contributed by atoms with Crippen LogP contribution in [0.5, 0.6) is 0 Å². The molecule has 0 aliphatic carbocycles. The molecule has 0 saturated heterocycles. The number of hydrogen-bond acceptors (Lipinski definition) is 5. The highest BCUT2D eigenvalue weighted by Gasteiger charge is 2.24. The third kappa shape index (κ3) is 10.7. The van der Waals surface area contributed by atoms with Crippen LogP contribution in [0.1, 0.15) is 46.5 Å². The molecular weight excluding hydrogens is 224 g/mol. The molecule has 0 unspecified atom stereocenters. The molecule has 0 spiro atoms. The Kier molecular flexibility index (Phi) is 11.0. The van der Waals surface area contributed by atoms with Crippen molar-refractivity contribution in [3.63, 3.8) is 0 Å². The van der Waals surface area contributed by atoms with Crippen LogP contribution in [0.4, 0.5) is 0 Å². The smallest absolute Gasteiger partial charge is 0.159 e. The van der Waals surface area contributed by atoms with E-state index in [1.807, 2.05) is 13.8 Å². The van der Waals surface area contributed by atoms with E-state index in [1.165, 1.54) is 6.92 Å². The van der Waals surface area contributed by atoms with Crippen LogP contribution < -0.4 is 0 Å². The number of rotatable bonds is 7. The van der Waals surface area contributed by atoms with E-state index in [1.54, 1.807) is 0 Å². The molecule has 5 N–H and O–H groups in total. The average Bonchev–Trinajstić information content (AvgIpc) is 2.30. The minimum Gasteiger partial charge on any atom is -0.396 e. The molecule has 0 fully saturated rings. The lowest BCUT2D eigenvalue weighted by molar-refractivity contribution is -0.150. The maximum absolute atomic E-state index is 8.70. The highest BCUT2D eigenvalue weighted by atomic mass is 16.5. The van der Waals surface area contributed by atoms with Crippen molar-refractivity contribution in [1.29, 1.82) is 0 Å². The first kappa shape index (κ1) is 19.1. The monoisotopic (exact) mass is 252 g/mol. The van der Waals surface area contributed by atoms with Crippen molar-refractivity contribution < 1.29 is 25.5 Å². The third-order valence-electron chi connectivity index (χ3n) is 2.76. The van der Waals surface area contributed by atoms with Crippen LogP contribution in [-0.4, -0.2) is 51.1 Å². The molecule has 0 saturated carbocycles. The number of aliphatic hydroxyl groups excluding tert-OH is 3. The van der Waals surface area contributed by atoms with E-state index in [0.29, 0.717) is 12.8 Å². The van der Waals surface area contributed by atoms with Crippen LogP contribution >= 0.6 is 0 Å². The second-order valence-electron chi connectivity index (χ2n) is 4.65. The first-order valence-corrected chi connectivity index (χ1v) is 6.08. The second kappa shape index (κ2) is 9.79. The van der Waals surface area contributed by atoms with Gasteiger partial charge in [-0.25, -0.2) is 0 Å². The van der Waals surface area contributed by atoms with Gasteiger partial charge in [0.2, 0.25) is 0 Å². The van der Waals surface area contributed by atoms with Crippen molar-refractivity contribution in [3.05, 3.63) is 0 Å². The first-order valence-electron chi connectivity index (χ1n) is 6.08. The standard InChI is InChI=1S/C6H14O3.C6H14O2/c1-2-6(3-7,4-8)5-9;1-3-4-5-6(2,7)8/h7-9H,2-5H2,1H3;7-8H,3-5H2,1-2H3. The van der Waals surface area contributed by atoms with Crippen molar-refractivity contribution in [2.75, 3.05) is 19.8 Å². The molecule has 5 heteroatoms. The predicted molar refractivity (Wildman–Crippen MR) is 66.3 cm³/mol. The van der Waals surface area contributed by atoms with Crippen LogP contribution in [0.15, 0.2) is 0 Å². The summed E-state index contributed by atoms with van der Waals surface area (Å²) in [6.07, 6.45) is 2.96. The van der Waals surface area contributed by atoms with E-state index in [-0.39, 0.29) is 19.8 Å². The topological polar surface area (TPSA) is 101 Å². The summed E-state index contributed by atoms with van der Waals surface area (Å²) in [6.45, 7) is 4.78. The minimum atomic E-state index is -1.45. The van der Waals surface area contributed by atoms with Crippen molar-refractivity contribution in [2.24, 2.45) is 5.41 Å². The Morgan fingerprint density at radius 2 is 1.29 bits per heavy atom. The van der Waals surface area contributed by atoms with Crippen LogP contribution in [0, 0.1) is 5.41 Å². The Labute approximate surface area is 104 Å². The fourth-order valence-electron chi connectivity index (χ4n) is 0.997. The Hall–Kier alpha value is -0.200. The zero-order valence-corrected chi connectivity index (χ0v) is 11.2. The molecule has 17 heavy (non-hydrogen) atoms. The molecule has 0 aromatic carbocycles. The van der Waals surface area contributed by atoms with Crippen LogP contribution in [-0.2, 0) is 0 Å². The first-order chi connectivity index (χ1) is 7.80. The van der Waals surface area contributed by atoms with Gasteiger partial charge in [-0.05, 0) is 19.8 Å². The lowest BCUT2D eigenvalue weighted by Gasteiger charge is -2.24. The van der Waals surface area contributed by atoms with E-state index in [2.05, 4.69) is 0 Å². The quantitative estimate of drug-likeness (QED) is 0.418. The third-order valence-corrected chi connectivity index (χ3v) is 2.76. The molecular formula is C12H28O5. The van der Waals surface area contributed by atoms with Gasteiger partial charge in [-0.2, -0.15) is 0 Å². The van der Waals surface area contributed by atoms with E-state index in [9.17, 15) is 0 Å². The molecule has 0 radical (unpaired) electrons. The second-order valence-corrected chi connectivity index (χ2v) is 4.65. The fraction of sp³-hybridized carbons (Fsp3) is 1.00. The Morgan fingerprint density at radius 3 is 1.35 bits per heavy atom. The van der Waals surface area contributed by atoms with Crippen molar-refractivity contribution in [1.82, 2.24) is 0 Å². The van der Waals surface area contributed by atoms with Gasteiger partial charge in [0.1, 0.15) is 0 Å². The molecule has 5 nitrogen and oxygen atoms in total. The molecule has 0 bridgehead atoms. The van der Waals surface area contributed by atoms with Crippen molar-refractivity contribution >= 4 is 0 Å². The van der Waals surface area contributed by atoms with Gasteiger partial charge < -0.3 is 25.5 Å². The SMILES string of the molecule is CCC(CO)(CO)CO.CCCCC(C)(O)O. The molecule has 0 aromatic heterocycles. The fourth-order valence-corrected chi connectivity index (χ4v) is 0.997. The van der Waals surface area contributed by atoms with E-state index in [0.717, 1.165) is 12.8 Å². The lowest BCUT2D eigenvalue weighted by atomic mass is 9.88. The summed E-state index contributed by atoms with van der Waals surface area (Å²) >= 11 is 0. The van der Waals surface area contributed by atoms with Gasteiger partial charge in [0.05, 0.1) is 19.8 Å². The Balaban J connectivity index is 0. The number of aliphatic hydroxyl groups is 5. The maximum Gasteiger partial charge on any atom is 0.159 e. The average molecular weight is 252 g/mol. The van der Waals surface area contributed by atoms with E-state index in [4.69, 9.17) is 25.5 Å². The van der Waals surface area contributed by atoms with Gasteiger partial charge >= 0.3 is 0 Å². The van der Waals surface area contributed by atoms with E-state index < -0.39 is 11.2 Å². The molecule has 0 heterocycles. The van der Waals surface area contributed by atoms with Crippen LogP contribution in [0.3, 0.4) is 0 Å². The Morgan fingerprint density at radius 1 is 0.882 bits per heavy atom. The summed E-state index contributed by atoms with van der Waals surface area (Å²) in [4.78, 5) is 0. The molecule has 0 atom stereocenters. The van der Waals surface area contributed by atoms with Gasteiger partial charge in [-0.1, -0.05) is 20.3 Å². The molecule has 0 amide bonds. The zero-order chi connectivity index (χ0) is 13.9. The summed E-state index contributed by atoms with van der Waals surface area (Å²) in [6, 6.07) is 0. The highest BCUT2D eigenvalue weighted by Crippen LogP contribution is 2.18. The highest BCUT2D eigenvalue weighted by molar-refractivity contribution is 4.74.